The van der Waals surface area contributed by atoms with Crippen LogP contribution in [-0.4, -0.2) is 17.1 Å². The van der Waals surface area contributed by atoms with E-state index in [1.807, 2.05) is 25.1 Å². The van der Waals surface area contributed by atoms with Crippen LogP contribution in [0.2, 0.25) is 0 Å². The number of hydrogen-bond donors (Lipinski definition) is 0. The minimum Gasteiger partial charge on any atom is -0.497 e. The highest BCUT2D eigenvalue weighted by molar-refractivity contribution is 5.35. The number of methoxy groups -OCH3 is 1. The molecule has 82 valence electrons. The van der Waals surface area contributed by atoms with E-state index < -0.39 is 0 Å². The number of aryl methyl sites for hydroxylation is 1. The van der Waals surface area contributed by atoms with Gasteiger partial charge in [0.05, 0.1) is 19.5 Å². The maximum absolute atomic E-state index is 5.57. The third kappa shape index (κ3) is 2.48. The van der Waals surface area contributed by atoms with E-state index in [0.717, 1.165) is 11.6 Å². The Bertz CT molecular complexity index is 469. The third-order valence-corrected chi connectivity index (χ3v) is 2.03. The molecule has 0 unspecified atom stereocenters. The molecule has 0 saturated heterocycles. The number of ether oxygens (including phenoxy) is 2. The van der Waals surface area contributed by atoms with Gasteiger partial charge in [-0.3, -0.25) is 0 Å². The predicted octanol–water partition coefficient (Wildman–Crippen LogP) is 2.59. The lowest BCUT2D eigenvalue weighted by molar-refractivity contribution is 0.408. The Balaban J connectivity index is 2.16. The van der Waals surface area contributed by atoms with Gasteiger partial charge in [-0.25, -0.2) is 9.97 Å². The van der Waals surface area contributed by atoms with Crippen LogP contribution in [0.25, 0.3) is 0 Å². The van der Waals surface area contributed by atoms with E-state index in [2.05, 4.69) is 9.97 Å². The predicted molar refractivity (Wildman–Crippen MR) is 59.8 cm³/mol. The van der Waals surface area contributed by atoms with Gasteiger partial charge in [0.1, 0.15) is 17.3 Å². The van der Waals surface area contributed by atoms with Crippen LogP contribution < -0.4 is 9.47 Å². The lowest BCUT2D eigenvalue weighted by atomic mass is 10.3. The zero-order valence-corrected chi connectivity index (χ0v) is 9.18. The van der Waals surface area contributed by atoms with Crippen LogP contribution in [0.1, 0.15) is 5.82 Å². The van der Waals surface area contributed by atoms with Crippen LogP contribution in [0.4, 0.5) is 0 Å². The molecule has 0 N–H and O–H groups in total. The second-order valence-electron chi connectivity index (χ2n) is 3.25. The molecule has 4 nitrogen and oxygen atoms in total. The Morgan fingerprint density at radius 1 is 1.00 bits per heavy atom. The first-order valence-electron chi connectivity index (χ1n) is 4.88. The highest BCUT2D eigenvalue weighted by atomic mass is 16.5. The Hall–Kier alpha value is -2.10. The maximum atomic E-state index is 5.57. The Kier molecular flexibility index (Phi) is 3.00. The smallest absolute Gasteiger partial charge is 0.164 e. The lowest BCUT2D eigenvalue weighted by Crippen LogP contribution is -1.90. The fraction of sp³-hybridized carbons (Fsp3) is 0.167. The summed E-state index contributed by atoms with van der Waals surface area (Å²) < 4.78 is 10.7. The molecular formula is C12H12N2O2. The number of rotatable bonds is 3. The zero-order chi connectivity index (χ0) is 11.4. The van der Waals surface area contributed by atoms with Crippen molar-refractivity contribution in [2.75, 3.05) is 7.11 Å². The molecule has 0 amide bonds. The molecule has 16 heavy (non-hydrogen) atoms. The molecule has 0 aliphatic rings. The summed E-state index contributed by atoms with van der Waals surface area (Å²) in [6.07, 6.45) is 3.28. The SMILES string of the molecule is COc1cccc(Oc2cnc(C)nc2)c1. The van der Waals surface area contributed by atoms with Crippen LogP contribution in [0, 0.1) is 6.92 Å². The number of aromatic nitrogens is 2. The van der Waals surface area contributed by atoms with Crippen molar-refractivity contribution < 1.29 is 9.47 Å². The molecule has 1 aromatic heterocycles. The average Bonchev–Trinajstić information content (AvgIpc) is 2.32. The summed E-state index contributed by atoms with van der Waals surface area (Å²) in [5.41, 5.74) is 0. The van der Waals surface area contributed by atoms with Gasteiger partial charge in [-0.05, 0) is 19.1 Å². The standard InChI is InChI=1S/C12H12N2O2/c1-9-13-7-12(8-14-9)16-11-5-3-4-10(6-11)15-2/h3-8H,1-2H3. The highest BCUT2D eigenvalue weighted by Gasteiger charge is 1.99. The Labute approximate surface area is 93.9 Å². The second kappa shape index (κ2) is 4.61. The zero-order valence-electron chi connectivity index (χ0n) is 9.18. The lowest BCUT2D eigenvalue weighted by Gasteiger charge is -2.06. The fourth-order valence-corrected chi connectivity index (χ4v) is 1.23. The second-order valence-corrected chi connectivity index (χ2v) is 3.25. The largest absolute Gasteiger partial charge is 0.497 e. The van der Waals surface area contributed by atoms with Crippen LogP contribution in [0.3, 0.4) is 0 Å². The van der Waals surface area contributed by atoms with Crippen LogP contribution in [0.5, 0.6) is 17.2 Å². The van der Waals surface area contributed by atoms with Crippen molar-refractivity contribution in [2.45, 2.75) is 6.92 Å². The van der Waals surface area contributed by atoms with E-state index in [0.29, 0.717) is 11.5 Å². The first-order valence-corrected chi connectivity index (χ1v) is 4.88. The molecule has 0 atom stereocenters. The van der Waals surface area contributed by atoms with E-state index in [4.69, 9.17) is 9.47 Å². The topological polar surface area (TPSA) is 44.2 Å². The number of hydrogen-bond acceptors (Lipinski definition) is 4. The third-order valence-electron chi connectivity index (χ3n) is 2.03. The first-order chi connectivity index (χ1) is 7.78. The van der Waals surface area contributed by atoms with Gasteiger partial charge in [0, 0.05) is 6.07 Å². The van der Waals surface area contributed by atoms with E-state index in [1.54, 1.807) is 25.6 Å². The molecule has 0 radical (unpaired) electrons. The van der Waals surface area contributed by atoms with Crippen molar-refractivity contribution in [1.29, 1.82) is 0 Å². The molecule has 4 heteroatoms. The monoisotopic (exact) mass is 216 g/mol. The van der Waals surface area contributed by atoms with Crippen molar-refractivity contribution in [3.05, 3.63) is 42.5 Å². The molecule has 0 aliphatic carbocycles. The maximum Gasteiger partial charge on any atom is 0.164 e. The quantitative estimate of drug-likeness (QED) is 0.791. The number of benzene rings is 1. The minimum absolute atomic E-state index is 0.610. The molecule has 1 heterocycles. The van der Waals surface area contributed by atoms with Crippen LogP contribution >= 0.6 is 0 Å². The molecular weight excluding hydrogens is 204 g/mol. The van der Waals surface area contributed by atoms with Gasteiger partial charge in [-0.15, -0.1) is 0 Å². The van der Waals surface area contributed by atoms with Crippen molar-refractivity contribution in [1.82, 2.24) is 9.97 Å². The molecule has 0 saturated carbocycles. The summed E-state index contributed by atoms with van der Waals surface area (Å²) in [6, 6.07) is 7.38. The first kappa shape index (κ1) is 10.4. The molecule has 0 aliphatic heterocycles. The molecule has 0 spiro atoms. The van der Waals surface area contributed by atoms with Gasteiger partial charge in [-0.2, -0.15) is 0 Å². The fourth-order valence-electron chi connectivity index (χ4n) is 1.23. The summed E-state index contributed by atoms with van der Waals surface area (Å²) in [5, 5.41) is 0. The summed E-state index contributed by atoms with van der Waals surface area (Å²) in [4.78, 5) is 8.10. The Morgan fingerprint density at radius 2 is 1.69 bits per heavy atom. The van der Waals surface area contributed by atoms with E-state index in [-0.39, 0.29) is 0 Å². The summed E-state index contributed by atoms with van der Waals surface area (Å²) >= 11 is 0. The van der Waals surface area contributed by atoms with Crippen molar-refractivity contribution >= 4 is 0 Å². The van der Waals surface area contributed by atoms with Crippen LogP contribution in [-0.2, 0) is 0 Å². The average molecular weight is 216 g/mol. The molecule has 0 fully saturated rings. The summed E-state index contributed by atoms with van der Waals surface area (Å²) in [5.74, 6) is 2.79. The number of nitrogens with zero attached hydrogens (tertiary/aromatic N) is 2. The van der Waals surface area contributed by atoms with Crippen molar-refractivity contribution in [3.8, 4) is 17.2 Å². The summed E-state index contributed by atoms with van der Waals surface area (Å²) in [6.45, 7) is 1.83. The van der Waals surface area contributed by atoms with Crippen molar-refractivity contribution in [2.24, 2.45) is 0 Å². The Morgan fingerprint density at radius 3 is 2.38 bits per heavy atom. The molecule has 0 bridgehead atoms. The van der Waals surface area contributed by atoms with Gasteiger partial charge < -0.3 is 9.47 Å². The normalized spacial score (nSPS) is 9.88. The van der Waals surface area contributed by atoms with Crippen LogP contribution in [0.15, 0.2) is 36.7 Å². The van der Waals surface area contributed by atoms with E-state index >= 15 is 0 Å². The molecule has 2 rings (SSSR count). The highest BCUT2D eigenvalue weighted by Crippen LogP contribution is 2.23. The molecule has 2 aromatic rings. The minimum atomic E-state index is 0.610. The van der Waals surface area contributed by atoms with Gasteiger partial charge in [0.25, 0.3) is 0 Å². The van der Waals surface area contributed by atoms with Crippen molar-refractivity contribution in [3.63, 3.8) is 0 Å². The van der Waals surface area contributed by atoms with E-state index in [9.17, 15) is 0 Å². The summed E-state index contributed by atoms with van der Waals surface area (Å²) in [7, 11) is 1.62. The van der Waals surface area contributed by atoms with Gasteiger partial charge in [-0.1, -0.05) is 6.07 Å². The van der Waals surface area contributed by atoms with Gasteiger partial charge >= 0.3 is 0 Å². The van der Waals surface area contributed by atoms with E-state index in [1.165, 1.54) is 0 Å². The molecule has 1 aromatic carbocycles. The van der Waals surface area contributed by atoms with Gasteiger partial charge in [0.15, 0.2) is 5.75 Å². The van der Waals surface area contributed by atoms with Gasteiger partial charge in [0.2, 0.25) is 0 Å².